The number of thiazole rings is 1. The first-order valence-corrected chi connectivity index (χ1v) is 4.73. The lowest BCUT2D eigenvalue weighted by Crippen LogP contribution is -1.81. The summed E-state index contributed by atoms with van der Waals surface area (Å²) < 4.78 is 17.9. The van der Waals surface area contributed by atoms with E-state index in [9.17, 15) is 4.39 Å². The van der Waals surface area contributed by atoms with Crippen molar-refractivity contribution in [2.75, 3.05) is 7.11 Å². The number of aromatic nitrogens is 2. The Morgan fingerprint density at radius 2 is 2.36 bits per heavy atom. The summed E-state index contributed by atoms with van der Waals surface area (Å²) in [4.78, 5) is 7.67. The number of halogens is 1. The van der Waals surface area contributed by atoms with E-state index in [-0.39, 0.29) is 5.06 Å². The van der Waals surface area contributed by atoms with Crippen molar-refractivity contribution in [3.8, 4) is 15.6 Å². The molecule has 2 heterocycles. The third-order valence-corrected chi connectivity index (χ3v) is 2.69. The van der Waals surface area contributed by atoms with E-state index < -0.39 is 5.95 Å². The highest BCUT2D eigenvalue weighted by Gasteiger charge is 2.12. The molecule has 0 aliphatic carbocycles. The Hall–Kier alpha value is -1.49. The molecule has 2 rings (SSSR count). The molecule has 0 saturated heterocycles. The zero-order chi connectivity index (χ0) is 9.97. The zero-order valence-electron chi connectivity index (χ0n) is 7.40. The van der Waals surface area contributed by atoms with Gasteiger partial charge < -0.3 is 4.74 Å². The second-order valence-electron chi connectivity index (χ2n) is 2.54. The van der Waals surface area contributed by atoms with Crippen molar-refractivity contribution in [3.05, 3.63) is 30.5 Å². The Bertz CT molecular complexity index is 430. The standard InChI is InChI=1S/C9H7FN2OS/c1-13-9-7(10)12-8(14-9)6-3-2-4-11-5-6/h2-5H,1H3. The van der Waals surface area contributed by atoms with E-state index in [4.69, 9.17) is 4.74 Å². The normalized spacial score (nSPS) is 10.1. The summed E-state index contributed by atoms with van der Waals surface area (Å²) in [7, 11) is 1.42. The van der Waals surface area contributed by atoms with Gasteiger partial charge in [0.15, 0.2) is 0 Å². The Morgan fingerprint density at radius 1 is 1.50 bits per heavy atom. The van der Waals surface area contributed by atoms with Crippen LogP contribution in [0.5, 0.6) is 5.06 Å². The van der Waals surface area contributed by atoms with Crippen LogP contribution in [0.3, 0.4) is 0 Å². The van der Waals surface area contributed by atoms with Gasteiger partial charge in [-0.25, -0.2) is 4.98 Å². The largest absolute Gasteiger partial charge is 0.484 e. The first-order chi connectivity index (χ1) is 6.81. The van der Waals surface area contributed by atoms with Crippen LogP contribution >= 0.6 is 11.3 Å². The van der Waals surface area contributed by atoms with Crippen molar-refractivity contribution in [2.24, 2.45) is 0 Å². The molecule has 2 aromatic rings. The quantitative estimate of drug-likeness (QED) is 0.763. The molecule has 5 heteroatoms. The molecule has 0 aromatic carbocycles. The average molecular weight is 210 g/mol. The molecule has 0 atom stereocenters. The summed E-state index contributed by atoms with van der Waals surface area (Å²) in [6.45, 7) is 0. The van der Waals surface area contributed by atoms with E-state index in [0.717, 1.165) is 16.9 Å². The van der Waals surface area contributed by atoms with E-state index in [2.05, 4.69) is 9.97 Å². The van der Waals surface area contributed by atoms with Crippen molar-refractivity contribution in [1.29, 1.82) is 0 Å². The molecule has 0 amide bonds. The second kappa shape index (κ2) is 3.71. The van der Waals surface area contributed by atoms with E-state index in [0.29, 0.717) is 5.01 Å². The van der Waals surface area contributed by atoms with Gasteiger partial charge in [-0.05, 0) is 12.1 Å². The van der Waals surface area contributed by atoms with Gasteiger partial charge in [0.05, 0.1) is 7.11 Å². The van der Waals surface area contributed by atoms with Crippen molar-refractivity contribution < 1.29 is 9.13 Å². The van der Waals surface area contributed by atoms with Gasteiger partial charge in [-0.15, -0.1) is 0 Å². The minimum atomic E-state index is -0.573. The van der Waals surface area contributed by atoms with Crippen LogP contribution in [0, 0.1) is 5.95 Å². The maximum absolute atomic E-state index is 13.0. The molecule has 0 saturated carbocycles. The SMILES string of the molecule is COc1sc(-c2cccnc2)nc1F. The number of ether oxygens (including phenoxy) is 1. The molecule has 0 aliphatic heterocycles. The lowest BCUT2D eigenvalue weighted by atomic mass is 10.3. The van der Waals surface area contributed by atoms with Gasteiger partial charge in [-0.1, -0.05) is 11.3 Å². The molecule has 3 nitrogen and oxygen atoms in total. The molecule has 0 N–H and O–H groups in total. The van der Waals surface area contributed by atoms with Crippen LogP contribution in [0.1, 0.15) is 0 Å². The molecule has 0 aliphatic rings. The number of hydrogen-bond acceptors (Lipinski definition) is 4. The molecule has 0 bridgehead atoms. The second-order valence-corrected chi connectivity index (χ2v) is 3.50. The van der Waals surface area contributed by atoms with E-state index in [1.165, 1.54) is 7.11 Å². The first kappa shape index (κ1) is 9.08. The van der Waals surface area contributed by atoms with Crippen molar-refractivity contribution in [1.82, 2.24) is 9.97 Å². The van der Waals surface area contributed by atoms with Gasteiger partial charge in [-0.3, -0.25) is 4.98 Å². The van der Waals surface area contributed by atoms with Gasteiger partial charge >= 0.3 is 0 Å². The van der Waals surface area contributed by atoms with Crippen LogP contribution < -0.4 is 4.74 Å². The summed E-state index contributed by atoms with van der Waals surface area (Å²) in [6.07, 6.45) is 3.29. The predicted octanol–water partition coefficient (Wildman–Crippen LogP) is 2.35. The fraction of sp³-hybridized carbons (Fsp3) is 0.111. The van der Waals surface area contributed by atoms with E-state index in [1.807, 2.05) is 6.07 Å². The van der Waals surface area contributed by atoms with Crippen LogP contribution in [-0.4, -0.2) is 17.1 Å². The molecular formula is C9H7FN2OS. The van der Waals surface area contributed by atoms with Gasteiger partial charge in [0.25, 0.3) is 5.95 Å². The summed E-state index contributed by atoms with van der Waals surface area (Å²) in [5.41, 5.74) is 0.791. The smallest absolute Gasteiger partial charge is 0.267 e. The van der Waals surface area contributed by atoms with Crippen molar-refractivity contribution in [2.45, 2.75) is 0 Å². The molecule has 0 unspecified atom stereocenters. The molecule has 2 aromatic heterocycles. The Balaban J connectivity index is 2.43. The van der Waals surface area contributed by atoms with Gasteiger partial charge in [0.1, 0.15) is 5.01 Å². The Kier molecular flexibility index (Phi) is 2.41. The minimum Gasteiger partial charge on any atom is -0.484 e. The number of nitrogens with zero attached hydrogens (tertiary/aromatic N) is 2. The van der Waals surface area contributed by atoms with E-state index in [1.54, 1.807) is 18.5 Å². The highest BCUT2D eigenvalue weighted by atomic mass is 32.1. The lowest BCUT2D eigenvalue weighted by Gasteiger charge is -1.91. The predicted molar refractivity (Wildman–Crippen MR) is 51.9 cm³/mol. The lowest BCUT2D eigenvalue weighted by molar-refractivity contribution is 0.393. The summed E-state index contributed by atoms with van der Waals surface area (Å²) in [5.74, 6) is -0.573. The van der Waals surface area contributed by atoms with Crippen molar-refractivity contribution in [3.63, 3.8) is 0 Å². The fourth-order valence-corrected chi connectivity index (χ4v) is 1.78. The summed E-state index contributed by atoms with van der Waals surface area (Å²) in [6, 6.07) is 3.60. The maximum Gasteiger partial charge on any atom is 0.267 e. The van der Waals surface area contributed by atoms with Gasteiger partial charge in [0, 0.05) is 18.0 Å². The fourth-order valence-electron chi connectivity index (χ4n) is 1.03. The summed E-state index contributed by atoms with van der Waals surface area (Å²) >= 11 is 1.16. The number of rotatable bonds is 2. The summed E-state index contributed by atoms with van der Waals surface area (Å²) in [5, 5.41) is 0.774. The molecule has 0 radical (unpaired) electrons. The van der Waals surface area contributed by atoms with Crippen molar-refractivity contribution >= 4 is 11.3 Å². The first-order valence-electron chi connectivity index (χ1n) is 3.92. The Morgan fingerprint density at radius 3 is 2.93 bits per heavy atom. The van der Waals surface area contributed by atoms with E-state index >= 15 is 0 Å². The Labute approximate surface area is 84.2 Å². The number of hydrogen-bond donors (Lipinski definition) is 0. The van der Waals surface area contributed by atoms with Crippen LogP contribution in [0.15, 0.2) is 24.5 Å². The highest BCUT2D eigenvalue weighted by Crippen LogP contribution is 2.31. The minimum absolute atomic E-state index is 0.198. The maximum atomic E-state index is 13.0. The van der Waals surface area contributed by atoms with Crippen LogP contribution in [-0.2, 0) is 0 Å². The van der Waals surface area contributed by atoms with Gasteiger partial charge in [0.2, 0.25) is 5.06 Å². The third kappa shape index (κ3) is 1.58. The van der Waals surface area contributed by atoms with Crippen LogP contribution in [0.4, 0.5) is 4.39 Å². The van der Waals surface area contributed by atoms with Gasteiger partial charge in [-0.2, -0.15) is 4.39 Å². The average Bonchev–Trinajstić information content (AvgIpc) is 2.61. The molecule has 14 heavy (non-hydrogen) atoms. The molecular weight excluding hydrogens is 203 g/mol. The monoisotopic (exact) mass is 210 g/mol. The highest BCUT2D eigenvalue weighted by molar-refractivity contribution is 7.16. The van der Waals surface area contributed by atoms with Crippen LogP contribution in [0.25, 0.3) is 10.6 Å². The zero-order valence-corrected chi connectivity index (χ0v) is 8.21. The van der Waals surface area contributed by atoms with Crippen LogP contribution in [0.2, 0.25) is 0 Å². The topological polar surface area (TPSA) is 35.0 Å². The molecule has 72 valence electrons. The number of methoxy groups -OCH3 is 1. The molecule has 0 fully saturated rings. The molecule has 0 spiro atoms. The number of pyridine rings is 1. The third-order valence-electron chi connectivity index (χ3n) is 1.65.